The topological polar surface area (TPSA) is 87.2 Å². The minimum absolute atomic E-state index is 0.0789. The Morgan fingerprint density at radius 3 is 2.09 bits per heavy atom. The number of rotatable bonds is 11. The van der Waals surface area contributed by atoms with Crippen LogP contribution < -0.4 is 0 Å². The standard InChI is InChI=1S/C39H39ClN2O5/c1-41(38(45)35(22-37(43)44)34-20-17-26-9-3-4-10-29(26)34)23-28(21-25-15-18-27(40)19-16-25)42(2)39(46)47-24-36-32-13-7-5-11-30(32)31-12-6-8-14-33(31)36/h3-16,18-19,28,34-36H,17,20-24H2,1-2H3,(H,43,44)/t28?,34-,35?/m1/s1. The van der Waals surface area contributed by atoms with Crippen molar-refractivity contribution in [1.29, 1.82) is 0 Å². The van der Waals surface area contributed by atoms with Crippen molar-refractivity contribution in [2.24, 2.45) is 5.92 Å². The van der Waals surface area contributed by atoms with E-state index in [1.54, 1.807) is 36.0 Å². The van der Waals surface area contributed by atoms with E-state index >= 15 is 0 Å². The van der Waals surface area contributed by atoms with Gasteiger partial charge in [-0.05, 0) is 76.3 Å². The molecule has 47 heavy (non-hydrogen) atoms. The second-order valence-corrected chi connectivity index (χ2v) is 13.1. The highest BCUT2D eigenvalue weighted by atomic mass is 35.5. The maximum Gasteiger partial charge on any atom is 0.409 e. The molecule has 3 atom stereocenters. The van der Waals surface area contributed by atoms with Crippen LogP contribution in [0.1, 0.15) is 52.5 Å². The Morgan fingerprint density at radius 1 is 0.851 bits per heavy atom. The molecule has 1 N–H and O–H groups in total. The molecule has 242 valence electrons. The van der Waals surface area contributed by atoms with E-state index in [9.17, 15) is 19.5 Å². The zero-order valence-corrected chi connectivity index (χ0v) is 27.4. The first-order valence-electron chi connectivity index (χ1n) is 16.1. The Bertz CT molecular complexity index is 1730. The van der Waals surface area contributed by atoms with Crippen molar-refractivity contribution in [3.8, 4) is 11.1 Å². The van der Waals surface area contributed by atoms with Crippen molar-refractivity contribution in [2.75, 3.05) is 27.2 Å². The van der Waals surface area contributed by atoms with Crippen LogP contribution in [0.15, 0.2) is 97.1 Å². The van der Waals surface area contributed by atoms with Gasteiger partial charge in [-0.15, -0.1) is 0 Å². The van der Waals surface area contributed by atoms with Gasteiger partial charge < -0.3 is 19.6 Å². The average molecular weight is 651 g/mol. The van der Waals surface area contributed by atoms with Gasteiger partial charge in [-0.1, -0.05) is 96.5 Å². The molecule has 0 spiro atoms. The molecule has 0 radical (unpaired) electrons. The molecule has 2 aliphatic rings. The second-order valence-electron chi connectivity index (χ2n) is 12.7. The van der Waals surface area contributed by atoms with Gasteiger partial charge in [-0.25, -0.2) is 4.79 Å². The minimum Gasteiger partial charge on any atom is -0.481 e. The van der Waals surface area contributed by atoms with Crippen LogP contribution in [0, 0.1) is 5.92 Å². The van der Waals surface area contributed by atoms with E-state index in [-0.39, 0.29) is 37.3 Å². The molecular formula is C39H39ClN2O5. The van der Waals surface area contributed by atoms with Gasteiger partial charge in [0.25, 0.3) is 0 Å². The zero-order chi connectivity index (χ0) is 33.1. The fraction of sp³-hybridized carbons (Fsp3) is 0.308. The number of hydrogen-bond acceptors (Lipinski definition) is 4. The molecule has 2 aliphatic carbocycles. The number of carboxylic acids is 1. The molecule has 0 aliphatic heterocycles. The summed E-state index contributed by atoms with van der Waals surface area (Å²) in [4.78, 5) is 42.9. The van der Waals surface area contributed by atoms with E-state index in [1.807, 2.05) is 60.7 Å². The molecular weight excluding hydrogens is 612 g/mol. The molecule has 0 saturated heterocycles. The van der Waals surface area contributed by atoms with Crippen molar-refractivity contribution in [2.45, 2.75) is 43.6 Å². The van der Waals surface area contributed by atoms with Crippen molar-refractivity contribution in [3.63, 3.8) is 0 Å². The summed E-state index contributed by atoms with van der Waals surface area (Å²) in [5.41, 5.74) is 7.73. The monoisotopic (exact) mass is 650 g/mol. The maximum atomic E-state index is 14.0. The van der Waals surface area contributed by atoms with Crippen LogP contribution in [0.25, 0.3) is 11.1 Å². The SMILES string of the molecule is CN(CC(Cc1ccc(Cl)cc1)N(C)C(=O)OCC1c2ccccc2-c2ccccc21)C(=O)C(CC(=O)O)[C@@H]1CCc2ccccc21. The van der Waals surface area contributed by atoms with Crippen molar-refractivity contribution in [1.82, 2.24) is 9.80 Å². The number of carbonyl (C=O) groups excluding carboxylic acids is 2. The Balaban J connectivity index is 1.20. The number of nitrogens with zero attached hydrogens (tertiary/aromatic N) is 2. The Labute approximate surface area is 280 Å². The molecule has 6 rings (SSSR count). The van der Waals surface area contributed by atoms with Crippen LogP contribution in [-0.4, -0.2) is 66.2 Å². The van der Waals surface area contributed by atoms with Gasteiger partial charge in [0.1, 0.15) is 6.61 Å². The van der Waals surface area contributed by atoms with Crippen molar-refractivity contribution < 1.29 is 24.2 Å². The van der Waals surface area contributed by atoms with Crippen molar-refractivity contribution >= 4 is 29.6 Å². The highest BCUT2D eigenvalue weighted by Gasteiger charge is 2.38. The highest BCUT2D eigenvalue weighted by Crippen LogP contribution is 2.45. The normalized spacial score (nSPS) is 16.0. The lowest BCUT2D eigenvalue weighted by Crippen LogP contribution is -2.48. The zero-order valence-electron chi connectivity index (χ0n) is 26.6. The number of hydrogen-bond donors (Lipinski definition) is 1. The minimum atomic E-state index is -1.00. The van der Waals surface area contributed by atoms with Crippen LogP contribution >= 0.6 is 11.6 Å². The van der Waals surface area contributed by atoms with Gasteiger partial charge in [-0.2, -0.15) is 0 Å². The number of benzene rings is 4. The first-order chi connectivity index (χ1) is 22.7. The maximum absolute atomic E-state index is 14.0. The van der Waals surface area contributed by atoms with Crippen LogP contribution in [0.3, 0.4) is 0 Å². The fourth-order valence-electron chi connectivity index (χ4n) is 7.35. The van der Waals surface area contributed by atoms with Crippen LogP contribution in [0.4, 0.5) is 4.79 Å². The number of halogens is 1. The lowest BCUT2D eigenvalue weighted by molar-refractivity contribution is -0.145. The predicted octanol–water partition coefficient (Wildman–Crippen LogP) is 7.41. The molecule has 0 bridgehead atoms. The fourth-order valence-corrected chi connectivity index (χ4v) is 7.47. The summed E-state index contributed by atoms with van der Waals surface area (Å²) in [7, 11) is 3.39. The van der Waals surface area contributed by atoms with E-state index in [0.29, 0.717) is 11.4 Å². The summed E-state index contributed by atoms with van der Waals surface area (Å²) in [6.45, 7) is 0.383. The lowest BCUT2D eigenvalue weighted by Gasteiger charge is -2.34. The summed E-state index contributed by atoms with van der Waals surface area (Å²) in [6, 6.07) is 31.3. The molecule has 2 amide bonds. The van der Waals surface area contributed by atoms with Gasteiger partial charge in [-0.3, -0.25) is 9.59 Å². The third-order valence-corrected chi connectivity index (χ3v) is 10.0. The summed E-state index contributed by atoms with van der Waals surface area (Å²) in [5.74, 6) is -2.21. The number of amides is 2. The van der Waals surface area contributed by atoms with E-state index in [4.69, 9.17) is 16.3 Å². The number of aryl methyl sites for hydroxylation is 1. The van der Waals surface area contributed by atoms with Crippen LogP contribution in [0.2, 0.25) is 5.02 Å². The van der Waals surface area contributed by atoms with Gasteiger partial charge in [0, 0.05) is 31.6 Å². The lowest BCUT2D eigenvalue weighted by atomic mass is 9.84. The third-order valence-electron chi connectivity index (χ3n) is 9.79. The number of carbonyl (C=O) groups is 3. The largest absolute Gasteiger partial charge is 0.481 e. The molecule has 4 aromatic rings. The Hall–Kier alpha value is -4.62. The molecule has 2 unspecified atom stereocenters. The first-order valence-corrected chi connectivity index (χ1v) is 16.5. The quantitative estimate of drug-likeness (QED) is 0.183. The average Bonchev–Trinajstić information content (AvgIpc) is 3.65. The number of aliphatic carboxylic acids is 1. The highest BCUT2D eigenvalue weighted by molar-refractivity contribution is 6.30. The van der Waals surface area contributed by atoms with Gasteiger partial charge in [0.2, 0.25) is 5.91 Å². The van der Waals surface area contributed by atoms with E-state index < -0.39 is 24.0 Å². The smallest absolute Gasteiger partial charge is 0.409 e. The molecule has 0 saturated carbocycles. The summed E-state index contributed by atoms with van der Waals surface area (Å²) in [6.07, 6.45) is 1.25. The predicted molar refractivity (Wildman–Crippen MR) is 183 cm³/mol. The summed E-state index contributed by atoms with van der Waals surface area (Å²) < 4.78 is 5.99. The van der Waals surface area contributed by atoms with Crippen molar-refractivity contribution in [3.05, 3.63) is 130 Å². The third kappa shape index (κ3) is 6.91. The van der Waals surface area contributed by atoms with Crippen LogP contribution in [-0.2, 0) is 27.2 Å². The molecule has 7 nitrogen and oxygen atoms in total. The summed E-state index contributed by atoms with van der Waals surface area (Å²) >= 11 is 6.15. The molecule has 4 aromatic carbocycles. The van der Waals surface area contributed by atoms with E-state index in [2.05, 4.69) is 24.3 Å². The summed E-state index contributed by atoms with van der Waals surface area (Å²) in [5, 5.41) is 10.4. The molecule has 8 heteroatoms. The van der Waals surface area contributed by atoms with Crippen LogP contribution in [0.5, 0.6) is 0 Å². The van der Waals surface area contributed by atoms with E-state index in [0.717, 1.165) is 46.2 Å². The molecule has 0 fully saturated rings. The number of carboxylic acid groups (broad SMARTS) is 1. The number of ether oxygens (including phenoxy) is 1. The first kappa shape index (κ1) is 32.3. The van der Waals surface area contributed by atoms with Gasteiger partial charge >= 0.3 is 12.1 Å². The molecule has 0 heterocycles. The Morgan fingerprint density at radius 2 is 1.45 bits per heavy atom. The number of fused-ring (bicyclic) bond motifs is 4. The second kappa shape index (κ2) is 14.0. The Kier molecular flexibility index (Phi) is 9.64. The van der Waals surface area contributed by atoms with Gasteiger partial charge in [0.15, 0.2) is 0 Å². The number of likely N-dealkylation sites (N-methyl/N-ethyl adjacent to an activating group) is 2. The molecule has 0 aromatic heterocycles. The van der Waals surface area contributed by atoms with Gasteiger partial charge in [0.05, 0.1) is 18.4 Å². The van der Waals surface area contributed by atoms with E-state index in [1.165, 1.54) is 5.56 Å².